The fourth-order valence-corrected chi connectivity index (χ4v) is 3.06. The quantitative estimate of drug-likeness (QED) is 0.804. The number of benzene rings is 1. The Morgan fingerprint density at radius 1 is 1.45 bits per heavy atom. The largest absolute Gasteiger partial charge is 0.482 e. The topological polar surface area (TPSA) is 85.2 Å². The van der Waals surface area contributed by atoms with Gasteiger partial charge in [-0.2, -0.15) is 0 Å². The van der Waals surface area contributed by atoms with E-state index in [4.69, 9.17) is 19.3 Å². The van der Waals surface area contributed by atoms with E-state index in [1.165, 1.54) is 0 Å². The van der Waals surface area contributed by atoms with Gasteiger partial charge in [-0.25, -0.2) is 4.79 Å². The molecular formula is C16H18O6. The highest BCUT2D eigenvalue weighted by Crippen LogP contribution is 2.47. The summed E-state index contributed by atoms with van der Waals surface area (Å²) in [5, 5.41) is 18.9. The highest BCUT2D eigenvalue weighted by molar-refractivity contribution is 5.68. The first-order valence-electron chi connectivity index (χ1n) is 7.20. The minimum atomic E-state index is -1.06. The highest BCUT2D eigenvalue weighted by atomic mass is 16.6. The summed E-state index contributed by atoms with van der Waals surface area (Å²) in [7, 11) is 0. The van der Waals surface area contributed by atoms with Gasteiger partial charge in [0.1, 0.15) is 12.2 Å². The van der Waals surface area contributed by atoms with Crippen molar-refractivity contribution in [2.24, 2.45) is 5.92 Å². The summed E-state index contributed by atoms with van der Waals surface area (Å²) in [6.45, 7) is 3.26. The van der Waals surface area contributed by atoms with Gasteiger partial charge in [-0.3, -0.25) is 0 Å². The first-order chi connectivity index (χ1) is 10.6. The minimum Gasteiger partial charge on any atom is -0.482 e. The molecule has 1 fully saturated rings. The van der Waals surface area contributed by atoms with Gasteiger partial charge in [0, 0.05) is 12.3 Å². The van der Waals surface area contributed by atoms with Crippen LogP contribution in [0.1, 0.15) is 12.8 Å². The molecule has 1 saturated carbocycles. The molecule has 118 valence electrons. The molecule has 4 atom stereocenters. The molecule has 3 rings (SSSR count). The third-order valence-corrected chi connectivity index (χ3v) is 4.02. The zero-order chi connectivity index (χ0) is 15.7. The molecule has 2 N–H and O–H groups in total. The Morgan fingerprint density at radius 2 is 2.27 bits per heavy atom. The maximum atomic E-state index is 10.6. The zero-order valence-electron chi connectivity index (χ0n) is 12.0. The van der Waals surface area contributed by atoms with Crippen molar-refractivity contribution in [1.29, 1.82) is 0 Å². The van der Waals surface area contributed by atoms with Crippen LogP contribution >= 0.6 is 0 Å². The van der Waals surface area contributed by atoms with Crippen molar-refractivity contribution >= 4 is 5.97 Å². The van der Waals surface area contributed by atoms with Crippen molar-refractivity contribution < 1.29 is 29.2 Å². The van der Waals surface area contributed by atoms with Crippen LogP contribution in [0.4, 0.5) is 0 Å². The second kappa shape index (κ2) is 5.88. The van der Waals surface area contributed by atoms with Crippen LogP contribution in [0.25, 0.3) is 0 Å². The Labute approximate surface area is 127 Å². The Kier molecular flexibility index (Phi) is 3.94. The maximum absolute atomic E-state index is 10.6. The van der Waals surface area contributed by atoms with Crippen LogP contribution in [0.2, 0.25) is 0 Å². The van der Waals surface area contributed by atoms with Gasteiger partial charge in [-0.15, -0.1) is 6.58 Å². The van der Waals surface area contributed by atoms with Crippen LogP contribution in [0.15, 0.2) is 30.9 Å². The number of para-hydroxylation sites is 1. The normalized spacial score (nSPS) is 28.8. The molecule has 0 radical (unpaired) electrons. The van der Waals surface area contributed by atoms with Crippen LogP contribution < -0.4 is 14.2 Å². The first-order valence-corrected chi connectivity index (χ1v) is 7.20. The van der Waals surface area contributed by atoms with Crippen LogP contribution in [-0.2, 0) is 4.79 Å². The minimum absolute atomic E-state index is 0.0563. The van der Waals surface area contributed by atoms with Crippen LogP contribution in [0.5, 0.6) is 17.2 Å². The van der Waals surface area contributed by atoms with Gasteiger partial charge >= 0.3 is 5.97 Å². The van der Waals surface area contributed by atoms with Gasteiger partial charge in [0.25, 0.3) is 0 Å². The Bertz CT molecular complexity index is 584. The average Bonchev–Trinajstić information content (AvgIpc) is 2.79. The van der Waals surface area contributed by atoms with E-state index in [2.05, 4.69) is 6.58 Å². The number of ether oxygens (including phenoxy) is 3. The van der Waals surface area contributed by atoms with E-state index < -0.39 is 18.7 Å². The number of fused-ring (bicyclic) bond motifs is 2. The van der Waals surface area contributed by atoms with E-state index in [1.54, 1.807) is 24.3 Å². The van der Waals surface area contributed by atoms with Gasteiger partial charge in [0.15, 0.2) is 18.1 Å². The molecule has 6 heteroatoms. The van der Waals surface area contributed by atoms with Crippen molar-refractivity contribution in [2.45, 2.75) is 31.2 Å². The fraction of sp³-hybridized carbons (Fsp3) is 0.438. The summed E-state index contributed by atoms with van der Waals surface area (Å²) in [5.41, 5.74) is 0. The number of aliphatic hydroxyl groups excluding tert-OH is 1. The lowest BCUT2D eigenvalue weighted by atomic mass is 9.99. The lowest BCUT2D eigenvalue weighted by Gasteiger charge is -2.32. The number of carbonyl (C=O) groups is 1. The van der Waals surface area contributed by atoms with Crippen LogP contribution in [-0.4, -0.2) is 41.1 Å². The van der Waals surface area contributed by atoms with Gasteiger partial charge in [0.2, 0.25) is 5.75 Å². The van der Waals surface area contributed by atoms with E-state index >= 15 is 0 Å². The first kappa shape index (κ1) is 14.7. The second-order valence-electron chi connectivity index (χ2n) is 5.50. The molecule has 6 nitrogen and oxygen atoms in total. The summed E-state index contributed by atoms with van der Waals surface area (Å²) in [6, 6.07) is 5.10. The molecule has 1 aliphatic heterocycles. The predicted octanol–water partition coefficient (Wildman–Crippen LogP) is 1.62. The molecule has 1 aromatic carbocycles. The van der Waals surface area contributed by atoms with E-state index in [1.807, 2.05) is 0 Å². The van der Waals surface area contributed by atoms with Crippen molar-refractivity contribution in [3.63, 3.8) is 0 Å². The van der Waals surface area contributed by atoms with Gasteiger partial charge < -0.3 is 24.4 Å². The van der Waals surface area contributed by atoms with E-state index in [0.717, 1.165) is 0 Å². The Balaban J connectivity index is 1.84. The van der Waals surface area contributed by atoms with Crippen molar-refractivity contribution in [3.05, 3.63) is 30.9 Å². The summed E-state index contributed by atoms with van der Waals surface area (Å²) in [5.74, 6) is 0.123. The molecular weight excluding hydrogens is 288 g/mol. The monoisotopic (exact) mass is 306 g/mol. The lowest BCUT2D eigenvalue weighted by Crippen LogP contribution is -2.39. The van der Waals surface area contributed by atoms with Gasteiger partial charge in [0.05, 0.1) is 6.10 Å². The maximum Gasteiger partial charge on any atom is 0.341 e. The Morgan fingerprint density at radius 3 is 3.00 bits per heavy atom. The molecule has 0 aromatic heterocycles. The number of carboxylic acid groups (broad SMARTS) is 1. The van der Waals surface area contributed by atoms with Crippen molar-refractivity contribution in [3.8, 4) is 17.2 Å². The third-order valence-electron chi connectivity index (χ3n) is 4.02. The zero-order valence-corrected chi connectivity index (χ0v) is 12.0. The number of aliphatic carboxylic acids is 1. The molecule has 0 unspecified atom stereocenters. The highest BCUT2D eigenvalue weighted by Gasteiger charge is 2.48. The molecule has 1 aromatic rings. The number of hydrogen-bond donors (Lipinski definition) is 2. The molecule has 0 saturated heterocycles. The van der Waals surface area contributed by atoms with Crippen LogP contribution in [0.3, 0.4) is 0 Å². The summed E-state index contributed by atoms with van der Waals surface area (Å²) in [6.07, 6.45) is 1.86. The van der Waals surface area contributed by atoms with E-state index in [9.17, 15) is 9.90 Å². The summed E-state index contributed by atoms with van der Waals surface area (Å²) < 4.78 is 17.1. The third kappa shape index (κ3) is 2.62. The number of allylic oxidation sites excluding steroid dienone is 1. The second-order valence-corrected chi connectivity index (χ2v) is 5.50. The molecule has 0 bridgehead atoms. The molecule has 0 spiro atoms. The smallest absolute Gasteiger partial charge is 0.341 e. The summed E-state index contributed by atoms with van der Waals surface area (Å²) in [4.78, 5) is 10.6. The van der Waals surface area contributed by atoms with Crippen molar-refractivity contribution in [2.75, 3.05) is 6.61 Å². The fourth-order valence-electron chi connectivity index (χ4n) is 3.06. The molecule has 1 heterocycles. The SMILES string of the molecule is C=CC[C@H]1[C@@H]2Oc3cccc(OCC(=O)O)c3O[C@@H]2C[C@@H]1O. The lowest BCUT2D eigenvalue weighted by molar-refractivity contribution is -0.139. The van der Waals surface area contributed by atoms with Gasteiger partial charge in [-0.05, 0) is 18.6 Å². The standard InChI is InChI=1S/C16H18O6/c1-2-4-9-10(17)7-13-15(9)21-12-6-3-5-11(16(12)22-13)20-8-14(18)19/h2-3,5-6,9-10,13,15,17H,1,4,7-8H2,(H,18,19)/t9-,10+,13-,15+/m1/s1. The average molecular weight is 306 g/mol. The van der Waals surface area contributed by atoms with Crippen LogP contribution in [0, 0.1) is 5.92 Å². The van der Waals surface area contributed by atoms with Crippen molar-refractivity contribution in [1.82, 2.24) is 0 Å². The molecule has 2 aliphatic rings. The predicted molar refractivity (Wildman–Crippen MR) is 77.3 cm³/mol. The molecule has 22 heavy (non-hydrogen) atoms. The number of carboxylic acids is 1. The van der Waals surface area contributed by atoms with E-state index in [0.29, 0.717) is 30.1 Å². The van der Waals surface area contributed by atoms with E-state index in [-0.39, 0.29) is 18.1 Å². The molecule has 1 aliphatic carbocycles. The number of hydrogen-bond acceptors (Lipinski definition) is 5. The Hall–Kier alpha value is -2.21. The summed E-state index contributed by atoms with van der Waals surface area (Å²) >= 11 is 0. The number of rotatable bonds is 5. The van der Waals surface area contributed by atoms with Gasteiger partial charge in [-0.1, -0.05) is 12.1 Å². The molecule has 0 amide bonds. The number of aliphatic hydroxyl groups is 1.